The Balaban J connectivity index is 1.60. The van der Waals surface area contributed by atoms with Gasteiger partial charge in [-0.05, 0) is 50.2 Å². The van der Waals surface area contributed by atoms with Crippen LogP contribution in [0.3, 0.4) is 0 Å². The fourth-order valence-corrected chi connectivity index (χ4v) is 4.36. The van der Waals surface area contributed by atoms with Gasteiger partial charge in [-0.1, -0.05) is 6.92 Å². The lowest BCUT2D eigenvalue weighted by atomic mass is 10.2. The monoisotopic (exact) mass is 335 g/mol. The van der Waals surface area contributed by atoms with E-state index in [1.54, 1.807) is 18.3 Å². The predicted octanol–water partition coefficient (Wildman–Crippen LogP) is 2.18. The molecule has 1 amide bonds. The van der Waals surface area contributed by atoms with Gasteiger partial charge < -0.3 is 10.1 Å². The Morgan fingerprint density at radius 2 is 2.43 bits per heavy atom. The molecule has 1 N–H and O–H groups in total. The van der Waals surface area contributed by atoms with Gasteiger partial charge in [0.2, 0.25) is 5.88 Å². The third-order valence-electron chi connectivity index (χ3n) is 4.59. The van der Waals surface area contributed by atoms with Crippen molar-refractivity contribution in [3.05, 3.63) is 23.9 Å². The molecule has 2 saturated heterocycles. The van der Waals surface area contributed by atoms with Gasteiger partial charge in [0.1, 0.15) is 11.7 Å². The van der Waals surface area contributed by atoms with Crippen LogP contribution >= 0.6 is 11.8 Å². The SMILES string of the molecule is CCN1CCCC1CNC(=O)c1cccnc1OC1CCSC1. The molecular weight excluding hydrogens is 310 g/mol. The number of nitrogens with one attached hydrogen (secondary N) is 1. The van der Waals surface area contributed by atoms with Crippen molar-refractivity contribution in [2.75, 3.05) is 31.1 Å². The van der Waals surface area contributed by atoms with E-state index in [1.807, 2.05) is 11.8 Å². The zero-order valence-electron chi connectivity index (χ0n) is 13.7. The van der Waals surface area contributed by atoms with E-state index in [0.29, 0.717) is 24.0 Å². The summed E-state index contributed by atoms with van der Waals surface area (Å²) in [6, 6.07) is 4.04. The molecule has 2 atom stereocenters. The first-order valence-electron chi connectivity index (χ1n) is 8.49. The summed E-state index contributed by atoms with van der Waals surface area (Å²) in [5, 5.41) is 3.06. The zero-order valence-corrected chi connectivity index (χ0v) is 14.5. The molecule has 0 bridgehead atoms. The molecule has 3 heterocycles. The number of thioether (sulfide) groups is 1. The van der Waals surface area contributed by atoms with Crippen LogP contribution < -0.4 is 10.1 Å². The van der Waals surface area contributed by atoms with Crippen LogP contribution in [0.2, 0.25) is 0 Å². The molecule has 5 nitrogen and oxygen atoms in total. The van der Waals surface area contributed by atoms with Crippen LogP contribution in [0.1, 0.15) is 36.5 Å². The predicted molar refractivity (Wildman–Crippen MR) is 93.2 cm³/mol. The standard InChI is InChI=1S/C17H25N3O2S/c1-2-20-9-4-5-13(20)11-19-16(21)15-6-3-8-18-17(15)22-14-7-10-23-12-14/h3,6,8,13-14H,2,4-5,7,9-12H2,1H3,(H,19,21). The van der Waals surface area contributed by atoms with E-state index < -0.39 is 0 Å². The van der Waals surface area contributed by atoms with Crippen molar-refractivity contribution in [1.29, 1.82) is 0 Å². The van der Waals surface area contributed by atoms with Gasteiger partial charge in [-0.3, -0.25) is 9.69 Å². The minimum Gasteiger partial charge on any atom is -0.473 e. The van der Waals surface area contributed by atoms with E-state index in [0.717, 1.165) is 37.4 Å². The summed E-state index contributed by atoms with van der Waals surface area (Å²) < 4.78 is 5.94. The van der Waals surface area contributed by atoms with Crippen molar-refractivity contribution in [3.8, 4) is 5.88 Å². The molecule has 23 heavy (non-hydrogen) atoms. The third kappa shape index (κ3) is 4.18. The molecule has 3 rings (SSSR count). The maximum atomic E-state index is 12.5. The van der Waals surface area contributed by atoms with Gasteiger partial charge in [0.15, 0.2) is 0 Å². The molecule has 1 aromatic rings. The number of ether oxygens (including phenoxy) is 1. The lowest BCUT2D eigenvalue weighted by molar-refractivity contribution is 0.0933. The van der Waals surface area contributed by atoms with Gasteiger partial charge in [-0.25, -0.2) is 4.98 Å². The van der Waals surface area contributed by atoms with Crippen molar-refractivity contribution in [3.63, 3.8) is 0 Å². The molecular formula is C17H25N3O2S. The number of nitrogens with zero attached hydrogens (tertiary/aromatic N) is 2. The lowest BCUT2D eigenvalue weighted by Gasteiger charge is -2.23. The molecule has 0 aliphatic carbocycles. The zero-order chi connectivity index (χ0) is 16.1. The van der Waals surface area contributed by atoms with Crippen LogP contribution in [0.4, 0.5) is 0 Å². The molecule has 2 unspecified atom stereocenters. The first-order chi connectivity index (χ1) is 11.3. The number of hydrogen-bond acceptors (Lipinski definition) is 5. The molecule has 2 aliphatic heterocycles. The maximum Gasteiger partial charge on any atom is 0.256 e. The third-order valence-corrected chi connectivity index (χ3v) is 5.72. The van der Waals surface area contributed by atoms with E-state index in [2.05, 4.69) is 22.1 Å². The fourth-order valence-electron chi connectivity index (χ4n) is 3.27. The van der Waals surface area contributed by atoms with Crippen molar-refractivity contribution in [1.82, 2.24) is 15.2 Å². The Bertz CT molecular complexity index is 534. The highest BCUT2D eigenvalue weighted by molar-refractivity contribution is 7.99. The first kappa shape index (κ1) is 16.6. The van der Waals surface area contributed by atoms with E-state index in [9.17, 15) is 4.79 Å². The Kier molecular flexibility index (Phi) is 5.78. The number of likely N-dealkylation sites (N-methyl/N-ethyl adjacent to an activating group) is 1. The van der Waals surface area contributed by atoms with Crippen LogP contribution in [0.25, 0.3) is 0 Å². The maximum absolute atomic E-state index is 12.5. The minimum absolute atomic E-state index is 0.0818. The number of hydrogen-bond donors (Lipinski definition) is 1. The van der Waals surface area contributed by atoms with Gasteiger partial charge in [0.05, 0.1) is 0 Å². The second-order valence-electron chi connectivity index (χ2n) is 6.09. The number of rotatable bonds is 6. The van der Waals surface area contributed by atoms with Gasteiger partial charge in [-0.15, -0.1) is 0 Å². The highest BCUT2D eigenvalue weighted by Crippen LogP contribution is 2.24. The summed E-state index contributed by atoms with van der Waals surface area (Å²) in [6.45, 7) is 5.05. The summed E-state index contributed by atoms with van der Waals surface area (Å²) in [7, 11) is 0. The minimum atomic E-state index is -0.0818. The van der Waals surface area contributed by atoms with Crippen LogP contribution in [0.15, 0.2) is 18.3 Å². The largest absolute Gasteiger partial charge is 0.473 e. The van der Waals surface area contributed by atoms with Gasteiger partial charge in [-0.2, -0.15) is 11.8 Å². The molecule has 1 aromatic heterocycles. The Labute approximate surface area is 142 Å². The molecule has 0 saturated carbocycles. The average molecular weight is 335 g/mol. The molecule has 6 heteroatoms. The summed E-state index contributed by atoms with van der Waals surface area (Å²) >= 11 is 1.89. The van der Waals surface area contributed by atoms with E-state index in [4.69, 9.17) is 4.74 Å². The van der Waals surface area contributed by atoms with E-state index >= 15 is 0 Å². The quantitative estimate of drug-likeness (QED) is 0.863. The van der Waals surface area contributed by atoms with Crippen LogP contribution in [0.5, 0.6) is 5.88 Å². The molecule has 0 aromatic carbocycles. The number of aromatic nitrogens is 1. The second-order valence-corrected chi connectivity index (χ2v) is 7.24. The van der Waals surface area contributed by atoms with Crippen molar-refractivity contribution in [2.45, 2.75) is 38.3 Å². The number of carbonyl (C=O) groups excluding carboxylic acids is 1. The van der Waals surface area contributed by atoms with Crippen molar-refractivity contribution >= 4 is 17.7 Å². The topological polar surface area (TPSA) is 54.5 Å². The second kappa shape index (κ2) is 8.02. The van der Waals surface area contributed by atoms with Crippen molar-refractivity contribution < 1.29 is 9.53 Å². The number of amides is 1. The lowest BCUT2D eigenvalue weighted by Crippen LogP contribution is -2.40. The Morgan fingerprint density at radius 1 is 1.52 bits per heavy atom. The molecule has 0 radical (unpaired) electrons. The summed E-state index contributed by atoms with van der Waals surface area (Å²) in [4.78, 5) is 19.2. The number of pyridine rings is 1. The van der Waals surface area contributed by atoms with Gasteiger partial charge in [0.25, 0.3) is 5.91 Å². The van der Waals surface area contributed by atoms with Crippen molar-refractivity contribution in [2.24, 2.45) is 0 Å². The average Bonchev–Trinajstić information content (AvgIpc) is 3.24. The molecule has 2 aliphatic rings. The van der Waals surface area contributed by atoms with E-state index in [-0.39, 0.29) is 12.0 Å². The van der Waals surface area contributed by atoms with E-state index in [1.165, 1.54) is 6.42 Å². The van der Waals surface area contributed by atoms with Gasteiger partial charge >= 0.3 is 0 Å². The fraction of sp³-hybridized carbons (Fsp3) is 0.647. The summed E-state index contributed by atoms with van der Waals surface area (Å²) in [6.07, 6.45) is 5.25. The molecule has 126 valence electrons. The normalized spacial score (nSPS) is 24.7. The van der Waals surface area contributed by atoms with Crippen LogP contribution in [0, 0.1) is 0 Å². The number of likely N-dealkylation sites (tertiary alicyclic amines) is 1. The molecule has 0 spiro atoms. The Hall–Kier alpha value is -1.27. The highest BCUT2D eigenvalue weighted by atomic mass is 32.2. The number of carbonyl (C=O) groups is 1. The first-order valence-corrected chi connectivity index (χ1v) is 9.65. The highest BCUT2D eigenvalue weighted by Gasteiger charge is 2.25. The summed E-state index contributed by atoms with van der Waals surface area (Å²) in [5.41, 5.74) is 0.547. The summed E-state index contributed by atoms with van der Waals surface area (Å²) in [5.74, 6) is 2.48. The molecule has 2 fully saturated rings. The smallest absolute Gasteiger partial charge is 0.256 e. The van der Waals surface area contributed by atoms with Crippen LogP contribution in [-0.4, -0.2) is 59.1 Å². The van der Waals surface area contributed by atoms with Gasteiger partial charge in [0, 0.05) is 24.5 Å². The van der Waals surface area contributed by atoms with Crippen LogP contribution in [-0.2, 0) is 0 Å². The Morgan fingerprint density at radius 3 is 3.22 bits per heavy atom.